The van der Waals surface area contributed by atoms with E-state index in [-0.39, 0.29) is 5.56 Å². The van der Waals surface area contributed by atoms with Crippen LogP contribution in [0.25, 0.3) is 0 Å². The normalized spacial score (nSPS) is 15.4. The van der Waals surface area contributed by atoms with Crippen LogP contribution in [0.2, 0.25) is 0 Å². The average Bonchev–Trinajstić information content (AvgIpc) is 2.67. The number of piperazine rings is 1. The lowest BCUT2D eigenvalue weighted by Crippen LogP contribution is -2.48. The number of hydrogen-bond acceptors (Lipinski definition) is 6. The van der Waals surface area contributed by atoms with Crippen molar-refractivity contribution < 1.29 is 0 Å². The van der Waals surface area contributed by atoms with Crippen molar-refractivity contribution in [1.82, 2.24) is 14.9 Å². The molecular weight excluding hydrogens is 370 g/mol. The van der Waals surface area contributed by atoms with Gasteiger partial charge in [-0.2, -0.15) is 11.8 Å². The lowest BCUT2D eigenvalue weighted by atomic mass is 10.2. The summed E-state index contributed by atoms with van der Waals surface area (Å²) in [6, 6.07) is 10.5. The van der Waals surface area contributed by atoms with Crippen LogP contribution in [0.15, 0.2) is 35.1 Å². The number of rotatable bonds is 7. The Morgan fingerprint density at radius 2 is 1.79 bits per heavy atom. The van der Waals surface area contributed by atoms with Gasteiger partial charge in [-0.25, -0.2) is 4.98 Å². The third-order valence-corrected chi connectivity index (χ3v) is 6.03. The predicted molar refractivity (Wildman–Crippen MR) is 120 cm³/mol. The van der Waals surface area contributed by atoms with Crippen molar-refractivity contribution >= 4 is 29.1 Å². The molecule has 1 saturated heterocycles. The first-order valence-electron chi connectivity index (χ1n) is 9.98. The molecule has 2 heterocycles. The molecule has 2 N–H and O–H groups in total. The first-order chi connectivity index (χ1) is 13.4. The number of thioether (sulfide) groups is 1. The quantitative estimate of drug-likeness (QED) is 0.738. The topological polar surface area (TPSA) is 64.3 Å². The molecule has 1 aromatic carbocycles. The van der Waals surface area contributed by atoms with Crippen LogP contribution < -0.4 is 15.8 Å². The Morgan fingerprint density at radius 3 is 2.39 bits per heavy atom. The summed E-state index contributed by atoms with van der Waals surface area (Å²) in [5.74, 6) is 1.22. The van der Waals surface area contributed by atoms with Crippen LogP contribution in [0, 0.1) is 0 Å². The molecule has 0 aliphatic carbocycles. The molecule has 3 rings (SSSR count). The van der Waals surface area contributed by atoms with E-state index in [1.54, 1.807) is 17.8 Å². The van der Waals surface area contributed by atoms with Crippen molar-refractivity contribution in [2.45, 2.75) is 44.7 Å². The van der Waals surface area contributed by atoms with Crippen molar-refractivity contribution in [2.75, 3.05) is 36.4 Å². The highest BCUT2D eigenvalue weighted by molar-refractivity contribution is 7.99. The standard InChI is InChI=1S/C21H31N5OS/c1-15(2)25-9-11-26(12-10-25)19-7-5-17(6-8-19)22-21-23-18(13-20(27)24-21)14-28-16(3)4/h5-8,13,15-16H,9-12,14H2,1-4H3,(H2,22,23,24,27). The van der Waals surface area contributed by atoms with Gasteiger partial charge >= 0.3 is 0 Å². The van der Waals surface area contributed by atoms with E-state index < -0.39 is 0 Å². The number of nitrogens with zero attached hydrogens (tertiary/aromatic N) is 3. The smallest absolute Gasteiger partial charge is 0.252 e. The maximum atomic E-state index is 11.9. The second kappa shape index (κ2) is 9.47. The summed E-state index contributed by atoms with van der Waals surface area (Å²) >= 11 is 1.78. The van der Waals surface area contributed by atoms with Gasteiger partial charge in [0.2, 0.25) is 5.95 Å². The number of hydrogen-bond donors (Lipinski definition) is 2. The van der Waals surface area contributed by atoms with E-state index in [1.807, 2.05) is 12.1 Å². The van der Waals surface area contributed by atoms with E-state index in [1.165, 1.54) is 5.69 Å². The second-order valence-electron chi connectivity index (χ2n) is 7.73. The molecule has 0 amide bonds. The zero-order valence-corrected chi connectivity index (χ0v) is 18.1. The number of anilines is 3. The number of aromatic nitrogens is 2. The lowest BCUT2D eigenvalue weighted by molar-refractivity contribution is 0.209. The number of aromatic amines is 1. The second-order valence-corrected chi connectivity index (χ2v) is 9.30. The van der Waals surface area contributed by atoms with Gasteiger partial charge < -0.3 is 10.2 Å². The maximum Gasteiger partial charge on any atom is 0.252 e. The van der Waals surface area contributed by atoms with Gasteiger partial charge in [0.1, 0.15) is 0 Å². The van der Waals surface area contributed by atoms with Gasteiger partial charge in [0, 0.05) is 55.4 Å². The minimum Gasteiger partial charge on any atom is -0.369 e. The van der Waals surface area contributed by atoms with Crippen LogP contribution >= 0.6 is 11.8 Å². The van der Waals surface area contributed by atoms with Gasteiger partial charge in [-0.05, 0) is 43.4 Å². The molecule has 1 fully saturated rings. The van der Waals surface area contributed by atoms with Gasteiger partial charge in [0.25, 0.3) is 5.56 Å². The molecule has 152 valence electrons. The zero-order valence-electron chi connectivity index (χ0n) is 17.2. The van der Waals surface area contributed by atoms with Gasteiger partial charge in [-0.1, -0.05) is 13.8 Å². The highest BCUT2D eigenvalue weighted by atomic mass is 32.2. The first kappa shape index (κ1) is 20.7. The molecule has 28 heavy (non-hydrogen) atoms. The van der Waals surface area contributed by atoms with E-state index in [9.17, 15) is 4.79 Å². The van der Waals surface area contributed by atoms with E-state index in [2.05, 4.69) is 64.9 Å². The minimum atomic E-state index is -0.128. The summed E-state index contributed by atoms with van der Waals surface area (Å²) in [6.45, 7) is 13.1. The fourth-order valence-corrected chi connectivity index (χ4v) is 3.93. The van der Waals surface area contributed by atoms with Gasteiger partial charge in [-0.15, -0.1) is 0 Å². The summed E-state index contributed by atoms with van der Waals surface area (Å²) in [4.78, 5) is 24.2. The summed E-state index contributed by atoms with van der Waals surface area (Å²) in [7, 11) is 0. The van der Waals surface area contributed by atoms with Crippen LogP contribution in [0.5, 0.6) is 0 Å². The molecule has 0 atom stereocenters. The average molecular weight is 402 g/mol. The van der Waals surface area contributed by atoms with Crippen LogP contribution in [0.4, 0.5) is 17.3 Å². The van der Waals surface area contributed by atoms with Crippen molar-refractivity contribution in [3.05, 3.63) is 46.4 Å². The minimum absolute atomic E-state index is 0.128. The molecule has 0 unspecified atom stereocenters. The fourth-order valence-electron chi connectivity index (χ4n) is 3.28. The number of benzene rings is 1. The van der Waals surface area contributed by atoms with E-state index in [4.69, 9.17) is 0 Å². The third-order valence-electron chi connectivity index (χ3n) is 4.90. The number of H-pyrrole nitrogens is 1. The molecule has 1 aromatic heterocycles. The van der Waals surface area contributed by atoms with Gasteiger partial charge in [0.15, 0.2) is 0 Å². The molecule has 6 nitrogen and oxygen atoms in total. The molecule has 0 bridgehead atoms. The van der Waals surface area contributed by atoms with Crippen LogP contribution in [0.3, 0.4) is 0 Å². The summed E-state index contributed by atoms with van der Waals surface area (Å²) in [5.41, 5.74) is 2.82. The van der Waals surface area contributed by atoms with Gasteiger partial charge in [0.05, 0.1) is 5.69 Å². The molecule has 1 aliphatic heterocycles. The van der Waals surface area contributed by atoms with E-state index >= 15 is 0 Å². The largest absolute Gasteiger partial charge is 0.369 e. The molecule has 0 saturated carbocycles. The Labute approximate surface area is 171 Å². The van der Waals surface area contributed by atoms with Gasteiger partial charge in [-0.3, -0.25) is 14.7 Å². The SMILES string of the molecule is CC(C)SCc1cc(=O)[nH]c(Nc2ccc(N3CCN(C(C)C)CC3)cc2)n1. The number of nitrogens with one attached hydrogen (secondary N) is 2. The van der Waals surface area contributed by atoms with Crippen molar-refractivity contribution in [3.8, 4) is 0 Å². The van der Waals surface area contributed by atoms with E-state index in [0.29, 0.717) is 17.2 Å². The molecule has 7 heteroatoms. The lowest BCUT2D eigenvalue weighted by Gasteiger charge is -2.38. The Kier molecular flexibility index (Phi) is 7.02. The fraction of sp³-hybridized carbons (Fsp3) is 0.524. The van der Waals surface area contributed by atoms with Crippen LogP contribution in [0.1, 0.15) is 33.4 Å². The Bertz CT molecular complexity index is 810. The Morgan fingerprint density at radius 1 is 1.11 bits per heavy atom. The van der Waals surface area contributed by atoms with Crippen LogP contribution in [-0.2, 0) is 5.75 Å². The van der Waals surface area contributed by atoms with E-state index in [0.717, 1.165) is 43.3 Å². The summed E-state index contributed by atoms with van der Waals surface area (Å²) in [5, 5.41) is 3.73. The molecule has 0 radical (unpaired) electrons. The zero-order chi connectivity index (χ0) is 20.1. The first-order valence-corrected chi connectivity index (χ1v) is 11.0. The summed E-state index contributed by atoms with van der Waals surface area (Å²) < 4.78 is 0. The highest BCUT2D eigenvalue weighted by Gasteiger charge is 2.18. The van der Waals surface area contributed by atoms with Crippen LogP contribution in [-0.4, -0.2) is 52.3 Å². The maximum absolute atomic E-state index is 11.9. The third kappa shape index (κ3) is 5.75. The summed E-state index contributed by atoms with van der Waals surface area (Å²) in [6.07, 6.45) is 0. The highest BCUT2D eigenvalue weighted by Crippen LogP contribution is 2.22. The Hall–Kier alpha value is -1.99. The molecule has 1 aliphatic rings. The van der Waals surface area contributed by atoms with Crippen molar-refractivity contribution in [1.29, 1.82) is 0 Å². The van der Waals surface area contributed by atoms with Crippen molar-refractivity contribution in [3.63, 3.8) is 0 Å². The molecule has 2 aromatic rings. The predicted octanol–water partition coefficient (Wildman–Crippen LogP) is 3.69. The van der Waals surface area contributed by atoms with Crippen molar-refractivity contribution in [2.24, 2.45) is 0 Å². The Balaban J connectivity index is 1.62. The molecule has 0 spiro atoms. The molecular formula is C21H31N5OS. The monoisotopic (exact) mass is 401 g/mol.